The molecule has 5 nitrogen and oxygen atoms in total. The number of unbranched alkanes of at least 4 members (excludes halogenated alkanes) is 2. The molecule has 5 heteroatoms. The maximum absolute atomic E-state index is 12.3. The van der Waals surface area contributed by atoms with E-state index in [9.17, 15) is 9.59 Å². The number of piperidine rings is 1. The molecule has 1 fully saturated rings. The van der Waals surface area contributed by atoms with Gasteiger partial charge in [0.2, 0.25) is 5.91 Å². The molecule has 21 heavy (non-hydrogen) atoms. The molecule has 0 bridgehead atoms. The van der Waals surface area contributed by atoms with Gasteiger partial charge >= 0.3 is 5.97 Å². The van der Waals surface area contributed by atoms with Gasteiger partial charge in [0.1, 0.15) is 0 Å². The lowest BCUT2D eigenvalue weighted by Crippen LogP contribution is -2.45. The number of aliphatic carboxylic acids is 1. The van der Waals surface area contributed by atoms with Gasteiger partial charge in [0.15, 0.2) is 0 Å². The lowest BCUT2D eigenvalue weighted by Gasteiger charge is -2.32. The molecule has 1 amide bonds. The molecule has 1 aliphatic rings. The van der Waals surface area contributed by atoms with Crippen molar-refractivity contribution in [2.24, 2.45) is 5.92 Å². The van der Waals surface area contributed by atoms with Crippen LogP contribution >= 0.6 is 0 Å². The van der Waals surface area contributed by atoms with Crippen molar-refractivity contribution in [1.82, 2.24) is 9.80 Å². The Morgan fingerprint density at radius 1 is 1.10 bits per heavy atom. The number of carbonyl (C=O) groups is 2. The van der Waals surface area contributed by atoms with Crippen LogP contribution in [-0.4, -0.2) is 59.5 Å². The lowest BCUT2D eigenvalue weighted by molar-refractivity contribution is -0.146. The van der Waals surface area contributed by atoms with E-state index in [0.29, 0.717) is 32.5 Å². The highest BCUT2D eigenvalue weighted by molar-refractivity contribution is 5.79. The first-order chi connectivity index (χ1) is 10.1. The second-order valence-corrected chi connectivity index (χ2v) is 5.98. The van der Waals surface area contributed by atoms with E-state index in [2.05, 4.69) is 18.7 Å². The van der Waals surface area contributed by atoms with Crippen molar-refractivity contribution in [2.45, 2.75) is 52.4 Å². The zero-order valence-electron chi connectivity index (χ0n) is 13.5. The van der Waals surface area contributed by atoms with Crippen LogP contribution in [-0.2, 0) is 9.59 Å². The number of carboxylic acid groups (broad SMARTS) is 1. The number of carboxylic acids is 1. The molecule has 0 radical (unpaired) electrons. The predicted octanol–water partition coefficient (Wildman–Crippen LogP) is 2.21. The minimum Gasteiger partial charge on any atom is -0.481 e. The Morgan fingerprint density at radius 3 is 2.05 bits per heavy atom. The summed E-state index contributed by atoms with van der Waals surface area (Å²) in [7, 11) is 0. The summed E-state index contributed by atoms with van der Waals surface area (Å²) in [6, 6.07) is 0. The number of amides is 1. The molecule has 0 unspecified atom stereocenters. The van der Waals surface area contributed by atoms with Gasteiger partial charge in [0.25, 0.3) is 0 Å². The van der Waals surface area contributed by atoms with Crippen LogP contribution in [0, 0.1) is 5.92 Å². The first-order valence-electron chi connectivity index (χ1n) is 8.31. The Morgan fingerprint density at radius 2 is 1.62 bits per heavy atom. The molecule has 0 aromatic rings. The first kappa shape index (κ1) is 18.0. The van der Waals surface area contributed by atoms with Crippen molar-refractivity contribution >= 4 is 11.9 Å². The van der Waals surface area contributed by atoms with E-state index in [0.717, 1.165) is 38.8 Å². The van der Waals surface area contributed by atoms with E-state index in [4.69, 9.17) is 5.11 Å². The summed E-state index contributed by atoms with van der Waals surface area (Å²) in [6.45, 7) is 7.95. The van der Waals surface area contributed by atoms with Gasteiger partial charge in [-0.25, -0.2) is 0 Å². The summed E-state index contributed by atoms with van der Waals surface area (Å²) < 4.78 is 0. The average molecular weight is 298 g/mol. The standard InChI is InChI=1S/C16H30N2O3/c1-3-5-9-17(10-6-4-2)13-15(19)18-11-7-14(8-12-18)16(20)21/h14H,3-13H2,1-2H3,(H,20,21). The quantitative estimate of drug-likeness (QED) is 0.709. The molecule has 0 aliphatic carbocycles. The molecule has 0 aromatic heterocycles. The number of hydrogen-bond donors (Lipinski definition) is 1. The lowest BCUT2D eigenvalue weighted by atomic mass is 9.97. The molecule has 0 saturated carbocycles. The van der Waals surface area contributed by atoms with Gasteiger partial charge in [-0.15, -0.1) is 0 Å². The van der Waals surface area contributed by atoms with Gasteiger partial charge in [0, 0.05) is 13.1 Å². The van der Waals surface area contributed by atoms with E-state index in [1.165, 1.54) is 0 Å². The highest BCUT2D eigenvalue weighted by Gasteiger charge is 2.27. The number of carbonyl (C=O) groups excluding carboxylic acids is 1. The SMILES string of the molecule is CCCCN(CCCC)CC(=O)N1CCC(C(=O)O)CC1. The molecular weight excluding hydrogens is 268 g/mol. The van der Waals surface area contributed by atoms with Crippen molar-refractivity contribution < 1.29 is 14.7 Å². The predicted molar refractivity (Wildman–Crippen MR) is 83.2 cm³/mol. The second kappa shape index (κ2) is 9.77. The van der Waals surface area contributed by atoms with Gasteiger partial charge in [-0.1, -0.05) is 26.7 Å². The van der Waals surface area contributed by atoms with Crippen molar-refractivity contribution in [1.29, 1.82) is 0 Å². The van der Waals surface area contributed by atoms with Crippen LogP contribution in [0.25, 0.3) is 0 Å². The Balaban J connectivity index is 2.40. The molecule has 0 spiro atoms. The Labute approximate surface area is 128 Å². The zero-order valence-corrected chi connectivity index (χ0v) is 13.5. The van der Waals surface area contributed by atoms with E-state index in [-0.39, 0.29) is 11.8 Å². The first-order valence-corrected chi connectivity index (χ1v) is 8.31. The molecule has 1 rings (SSSR count). The maximum Gasteiger partial charge on any atom is 0.306 e. The van der Waals surface area contributed by atoms with Crippen molar-refractivity contribution in [2.75, 3.05) is 32.7 Å². The Bertz CT molecular complexity index is 317. The normalized spacial score (nSPS) is 16.4. The van der Waals surface area contributed by atoms with Crippen molar-refractivity contribution in [3.05, 3.63) is 0 Å². The van der Waals surface area contributed by atoms with E-state index in [1.54, 1.807) is 0 Å². The van der Waals surface area contributed by atoms with Crippen LogP contribution in [0.15, 0.2) is 0 Å². The molecule has 0 atom stereocenters. The van der Waals surface area contributed by atoms with Crippen LogP contribution in [0.1, 0.15) is 52.4 Å². The molecule has 0 aromatic carbocycles. The molecule has 1 heterocycles. The van der Waals surface area contributed by atoms with Gasteiger partial charge in [0.05, 0.1) is 12.5 Å². The zero-order chi connectivity index (χ0) is 15.7. The molecular formula is C16H30N2O3. The summed E-state index contributed by atoms with van der Waals surface area (Å²) >= 11 is 0. The second-order valence-electron chi connectivity index (χ2n) is 5.98. The van der Waals surface area contributed by atoms with Gasteiger partial charge in [-0.3, -0.25) is 14.5 Å². The molecule has 1 N–H and O–H groups in total. The summed E-state index contributed by atoms with van der Waals surface area (Å²) in [5.74, 6) is -0.842. The third kappa shape index (κ3) is 6.46. The van der Waals surface area contributed by atoms with Gasteiger partial charge in [-0.2, -0.15) is 0 Å². The number of hydrogen-bond acceptors (Lipinski definition) is 3. The Hall–Kier alpha value is -1.10. The summed E-state index contributed by atoms with van der Waals surface area (Å²) in [5.41, 5.74) is 0. The van der Waals surface area contributed by atoms with E-state index in [1.807, 2.05) is 4.90 Å². The fourth-order valence-electron chi connectivity index (χ4n) is 2.70. The topological polar surface area (TPSA) is 60.9 Å². The average Bonchev–Trinajstić information content (AvgIpc) is 2.49. The smallest absolute Gasteiger partial charge is 0.306 e. The number of rotatable bonds is 9. The number of nitrogens with zero attached hydrogens (tertiary/aromatic N) is 2. The Kier molecular flexibility index (Phi) is 8.35. The highest BCUT2D eigenvalue weighted by Crippen LogP contribution is 2.17. The number of likely N-dealkylation sites (tertiary alicyclic amines) is 1. The third-order valence-corrected chi connectivity index (χ3v) is 4.21. The van der Waals surface area contributed by atoms with Gasteiger partial charge in [-0.05, 0) is 38.8 Å². The largest absolute Gasteiger partial charge is 0.481 e. The van der Waals surface area contributed by atoms with Crippen LogP contribution in [0.4, 0.5) is 0 Å². The summed E-state index contributed by atoms with van der Waals surface area (Å²) in [4.78, 5) is 27.4. The molecule has 1 aliphatic heterocycles. The minimum atomic E-state index is -0.727. The van der Waals surface area contributed by atoms with Gasteiger partial charge < -0.3 is 10.0 Å². The fraction of sp³-hybridized carbons (Fsp3) is 0.875. The summed E-state index contributed by atoms with van der Waals surface area (Å²) in [5, 5.41) is 8.99. The molecule has 122 valence electrons. The van der Waals surface area contributed by atoms with Crippen molar-refractivity contribution in [3.63, 3.8) is 0 Å². The van der Waals surface area contributed by atoms with Crippen LogP contribution < -0.4 is 0 Å². The van der Waals surface area contributed by atoms with E-state index >= 15 is 0 Å². The highest BCUT2D eigenvalue weighted by atomic mass is 16.4. The van der Waals surface area contributed by atoms with Crippen LogP contribution in [0.5, 0.6) is 0 Å². The summed E-state index contributed by atoms with van der Waals surface area (Å²) in [6.07, 6.45) is 5.70. The van der Waals surface area contributed by atoms with Crippen LogP contribution in [0.3, 0.4) is 0 Å². The monoisotopic (exact) mass is 298 g/mol. The third-order valence-electron chi connectivity index (χ3n) is 4.21. The maximum atomic E-state index is 12.3. The van der Waals surface area contributed by atoms with Crippen molar-refractivity contribution in [3.8, 4) is 0 Å². The van der Waals surface area contributed by atoms with E-state index < -0.39 is 5.97 Å². The minimum absolute atomic E-state index is 0.158. The fourth-order valence-corrected chi connectivity index (χ4v) is 2.70. The molecule has 1 saturated heterocycles. The van der Waals surface area contributed by atoms with Crippen LogP contribution in [0.2, 0.25) is 0 Å².